The van der Waals surface area contributed by atoms with Gasteiger partial charge >= 0.3 is 0 Å². The van der Waals surface area contributed by atoms with Crippen LogP contribution in [0.2, 0.25) is 0 Å². The summed E-state index contributed by atoms with van der Waals surface area (Å²) in [7, 11) is 0. The topological polar surface area (TPSA) is 54.5 Å². The predicted octanol–water partition coefficient (Wildman–Crippen LogP) is 3.96. The minimum atomic E-state index is 0.836. The first-order valence-corrected chi connectivity index (χ1v) is 7.37. The first kappa shape index (κ1) is 13.2. The summed E-state index contributed by atoms with van der Waals surface area (Å²) in [6.45, 7) is 6.09. The zero-order chi connectivity index (χ0) is 14.3. The standard InChI is InChI=1S/C15H15BrN4/c1-4-12-11(6-9(3)19-20-12)15-17-13-7-10(16)5-8(2)14(13)18-15/h5-7H,4H2,1-3H3,(H,17,18). The van der Waals surface area contributed by atoms with Crippen LogP contribution in [-0.2, 0) is 6.42 Å². The van der Waals surface area contributed by atoms with E-state index in [-0.39, 0.29) is 0 Å². The number of nitrogens with zero attached hydrogens (tertiary/aromatic N) is 3. The van der Waals surface area contributed by atoms with E-state index in [1.807, 2.05) is 19.1 Å². The minimum absolute atomic E-state index is 0.836. The summed E-state index contributed by atoms with van der Waals surface area (Å²) >= 11 is 3.52. The number of fused-ring (bicyclic) bond motifs is 1. The number of aromatic nitrogens is 4. The molecule has 0 fully saturated rings. The quantitative estimate of drug-likeness (QED) is 0.773. The summed E-state index contributed by atoms with van der Waals surface area (Å²) in [6, 6.07) is 6.16. The second-order valence-electron chi connectivity index (χ2n) is 4.90. The predicted molar refractivity (Wildman–Crippen MR) is 83.7 cm³/mol. The summed E-state index contributed by atoms with van der Waals surface area (Å²) in [6.07, 6.45) is 0.836. The van der Waals surface area contributed by atoms with Crippen molar-refractivity contribution in [2.24, 2.45) is 0 Å². The average molecular weight is 331 g/mol. The Bertz CT molecular complexity index is 792. The van der Waals surface area contributed by atoms with Crippen LogP contribution in [0.1, 0.15) is 23.9 Å². The van der Waals surface area contributed by atoms with Crippen LogP contribution in [0.3, 0.4) is 0 Å². The first-order valence-electron chi connectivity index (χ1n) is 6.58. The lowest BCUT2D eigenvalue weighted by atomic mass is 10.1. The Balaban J connectivity index is 2.25. The van der Waals surface area contributed by atoms with Gasteiger partial charge in [0.25, 0.3) is 0 Å². The highest BCUT2D eigenvalue weighted by Gasteiger charge is 2.12. The molecular formula is C15H15BrN4. The Morgan fingerprint density at radius 3 is 2.70 bits per heavy atom. The lowest BCUT2D eigenvalue weighted by molar-refractivity contribution is 0.893. The highest BCUT2D eigenvalue weighted by atomic mass is 79.9. The fourth-order valence-corrected chi connectivity index (χ4v) is 2.93. The van der Waals surface area contributed by atoms with Gasteiger partial charge in [0, 0.05) is 10.0 Å². The molecular weight excluding hydrogens is 316 g/mol. The Morgan fingerprint density at radius 2 is 1.95 bits per heavy atom. The number of imidazole rings is 1. The van der Waals surface area contributed by atoms with Crippen LogP contribution in [0.25, 0.3) is 22.4 Å². The zero-order valence-corrected chi connectivity index (χ0v) is 13.2. The summed E-state index contributed by atoms with van der Waals surface area (Å²) in [5.74, 6) is 0.857. The average Bonchev–Trinajstić information content (AvgIpc) is 2.82. The molecule has 0 spiro atoms. The third-order valence-corrected chi connectivity index (χ3v) is 3.78. The number of hydrogen-bond donors (Lipinski definition) is 1. The molecule has 0 aliphatic carbocycles. The van der Waals surface area contributed by atoms with Gasteiger partial charge in [0.05, 0.1) is 22.4 Å². The number of H-pyrrole nitrogens is 1. The molecule has 0 atom stereocenters. The van der Waals surface area contributed by atoms with Gasteiger partial charge in [0.1, 0.15) is 5.82 Å². The van der Waals surface area contributed by atoms with Crippen molar-refractivity contribution in [1.82, 2.24) is 20.2 Å². The maximum Gasteiger partial charge on any atom is 0.140 e. The number of hydrogen-bond acceptors (Lipinski definition) is 3. The van der Waals surface area contributed by atoms with Crippen LogP contribution in [0.4, 0.5) is 0 Å². The van der Waals surface area contributed by atoms with Crippen molar-refractivity contribution >= 4 is 27.0 Å². The summed E-state index contributed by atoms with van der Waals surface area (Å²) < 4.78 is 1.05. The third-order valence-electron chi connectivity index (χ3n) is 3.32. The molecule has 102 valence electrons. The Morgan fingerprint density at radius 1 is 1.15 bits per heavy atom. The Hall–Kier alpha value is -1.75. The molecule has 5 heteroatoms. The Kier molecular flexibility index (Phi) is 3.30. The molecule has 1 aromatic carbocycles. The summed E-state index contributed by atoms with van der Waals surface area (Å²) in [5.41, 5.74) is 6.07. The molecule has 0 unspecified atom stereocenters. The second-order valence-corrected chi connectivity index (χ2v) is 5.82. The van der Waals surface area contributed by atoms with Crippen LogP contribution < -0.4 is 0 Å². The lowest BCUT2D eigenvalue weighted by Crippen LogP contribution is -1.98. The van der Waals surface area contributed by atoms with Crippen LogP contribution in [0.5, 0.6) is 0 Å². The van der Waals surface area contributed by atoms with E-state index in [0.717, 1.165) is 50.3 Å². The van der Waals surface area contributed by atoms with E-state index in [1.165, 1.54) is 0 Å². The molecule has 0 saturated carbocycles. The molecule has 0 aliphatic rings. The fourth-order valence-electron chi connectivity index (χ4n) is 2.35. The van der Waals surface area contributed by atoms with E-state index in [2.05, 4.69) is 51.0 Å². The van der Waals surface area contributed by atoms with Crippen molar-refractivity contribution < 1.29 is 0 Å². The van der Waals surface area contributed by atoms with Crippen molar-refractivity contribution in [3.8, 4) is 11.4 Å². The van der Waals surface area contributed by atoms with Gasteiger partial charge in [0.15, 0.2) is 0 Å². The van der Waals surface area contributed by atoms with Gasteiger partial charge in [-0.2, -0.15) is 10.2 Å². The summed E-state index contributed by atoms with van der Waals surface area (Å²) in [4.78, 5) is 8.12. The maximum absolute atomic E-state index is 4.73. The molecule has 0 radical (unpaired) electrons. The van der Waals surface area contributed by atoms with E-state index in [1.54, 1.807) is 0 Å². The highest BCUT2D eigenvalue weighted by molar-refractivity contribution is 9.10. The number of aryl methyl sites for hydroxylation is 3. The van der Waals surface area contributed by atoms with E-state index >= 15 is 0 Å². The van der Waals surface area contributed by atoms with Gasteiger partial charge in [-0.05, 0) is 44.0 Å². The third kappa shape index (κ3) is 2.22. The highest BCUT2D eigenvalue weighted by Crippen LogP contribution is 2.27. The van der Waals surface area contributed by atoms with E-state index in [0.29, 0.717) is 0 Å². The monoisotopic (exact) mass is 330 g/mol. The van der Waals surface area contributed by atoms with Crippen molar-refractivity contribution in [1.29, 1.82) is 0 Å². The number of aromatic amines is 1. The smallest absolute Gasteiger partial charge is 0.140 e. The molecule has 0 amide bonds. The van der Waals surface area contributed by atoms with Crippen LogP contribution in [0.15, 0.2) is 22.7 Å². The van der Waals surface area contributed by atoms with Crippen molar-refractivity contribution in [3.63, 3.8) is 0 Å². The molecule has 3 aromatic rings. The number of nitrogens with one attached hydrogen (secondary N) is 1. The van der Waals surface area contributed by atoms with Crippen LogP contribution in [-0.4, -0.2) is 20.2 Å². The van der Waals surface area contributed by atoms with E-state index in [9.17, 15) is 0 Å². The van der Waals surface area contributed by atoms with Gasteiger partial charge in [-0.3, -0.25) is 0 Å². The normalized spacial score (nSPS) is 11.2. The molecule has 4 nitrogen and oxygen atoms in total. The molecule has 2 heterocycles. The minimum Gasteiger partial charge on any atom is -0.338 e. The largest absolute Gasteiger partial charge is 0.338 e. The van der Waals surface area contributed by atoms with Gasteiger partial charge in [0.2, 0.25) is 0 Å². The first-order chi connectivity index (χ1) is 9.58. The van der Waals surface area contributed by atoms with Gasteiger partial charge in [-0.25, -0.2) is 4.98 Å². The second kappa shape index (κ2) is 4.98. The molecule has 3 rings (SSSR count). The lowest BCUT2D eigenvalue weighted by Gasteiger charge is -2.03. The molecule has 2 aromatic heterocycles. The number of halogens is 1. The van der Waals surface area contributed by atoms with Gasteiger partial charge in [-0.15, -0.1) is 0 Å². The molecule has 1 N–H and O–H groups in total. The molecule has 20 heavy (non-hydrogen) atoms. The van der Waals surface area contributed by atoms with Crippen molar-refractivity contribution in [3.05, 3.63) is 39.6 Å². The molecule has 0 saturated heterocycles. The van der Waals surface area contributed by atoms with E-state index in [4.69, 9.17) is 4.98 Å². The maximum atomic E-state index is 4.73. The Labute approximate surface area is 125 Å². The number of rotatable bonds is 2. The summed E-state index contributed by atoms with van der Waals surface area (Å²) in [5, 5.41) is 8.39. The van der Waals surface area contributed by atoms with E-state index < -0.39 is 0 Å². The van der Waals surface area contributed by atoms with Crippen LogP contribution in [0, 0.1) is 13.8 Å². The zero-order valence-electron chi connectivity index (χ0n) is 11.7. The van der Waals surface area contributed by atoms with Crippen molar-refractivity contribution in [2.75, 3.05) is 0 Å². The van der Waals surface area contributed by atoms with Crippen molar-refractivity contribution in [2.45, 2.75) is 27.2 Å². The SMILES string of the molecule is CCc1nnc(C)cc1-c1nc2c(C)cc(Br)cc2[nH]1. The van der Waals surface area contributed by atoms with Gasteiger partial charge in [-0.1, -0.05) is 22.9 Å². The fraction of sp³-hybridized carbons (Fsp3) is 0.267. The van der Waals surface area contributed by atoms with Gasteiger partial charge < -0.3 is 4.98 Å². The number of benzene rings is 1. The molecule has 0 aliphatic heterocycles. The molecule has 0 bridgehead atoms. The van der Waals surface area contributed by atoms with Crippen LogP contribution >= 0.6 is 15.9 Å².